The van der Waals surface area contributed by atoms with Crippen molar-refractivity contribution < 1.29 is 8.78 Å². The van der Waals surface area contributed by atoms with E-state index in [0.717, 1.165) is 0 Å². The zero-order valence-electron chi connectivity index (χ0n) is 7.74. The average Bonchev–Trinajstić information content (AvgIpc) is 2.26. The van der Waals surface area contributed by atoms with Crippen molar-refractivity contribution in [3.05, 3.63) is 48.3 Å². The molecule has 0 radical (unpaired) electrons. The van der Waals surface area contributed by atoms with Crippen molar-refractivity contribution in [2.45, 2.75) is 0 Å². The highest BCUT2D eigenvalue weighted by atomic mass is 19.1. The molecule has 4 heteroatoms. The van der Waals surface area contributed by atoms with E-state index in [9.17, 15) is 8.78 Å². The van der Waals surface area contributed by atoms with Crippen molar-refractivity contribution in [3.63, 3.8) is 0 Å². The van der Waals surface area contributed by atoms with Gasteiger partial charge in [-0.1, -0.05) is 6.07 Å². The van der Waals surface area contributed by atoms with Gasteiger partial charge in [0.1, 0.15) is 17.3 Å². The number of hydrogen-bond donors (Lipinski definition) is 1. The van der Waals surface area contributed by atoms with E-state index in [0.29, 0.717) is 11.1 Å². The van der Waals surface area contributed by atoms with Gasteiger partial charge in [0.15, 0.2) is 0 Å². The Morgan fingerprint density at radius 3 is 2.27 bits per heavy atom. The normalized spacial score (nSPS) is 10.3. The maximum Gasteiger partial charge on any atom is 0.149 e. The average molecular weight is 206 g/mol. The monoisotopic (exact) mass is 206 g/mol. The van der Waals surface area contributed by atoms with Gasteiger partial charge in [0, 0.05) is 18.0 Å². The van der Waals surface area contributed by atoms with E-state index in [1.807, 2.05) is 0 Å². The van der Waals surface area contributed by atoms with Crippen LogP contribution in [-0.2, 0) is 0 Å². The van der Waals surface area contributed by atoms with E-state index in [2.05, 4.69) is 4.98 Å². The van der Waals surface area contributed by atoms with Gasteiger partial charge in [-0.3, -0.25) is 4.98 Å². The molecule has 0 saturated carbocycles. The van der Waals surface area contributed by atoms with Gasteiger partial charge in [0.25, 0.3) is 0 Å². The molecular weight excluding hydrogens is 198 g/mol. The van der Waals surface area contributed by atoms with Gasteiger partial charge >= 0.3 is 0 Å². The van der Waals surface area contributed by atoms with Gasteiger partial charge in [-0.05, 0) is 23.8 Å². The lowest BCUT2D eigenvalue weighted by molar-refractivity contribution is 0.592. The van der Waals surface area contributed by atoms with Crippen molar-refractivity contribution in [3.8, 4) is 11.1 Å². The topological polar surface area (TPSA) is 38.9 Å². The smallest absolute Gasteiger partial charge is 0.149 e. The molecule has 1 heterocycles. The van der Waals surface area contributed by atoms with Crippen molar-refractivity contribution in [1.29, 1.82) is 0 Å². The second-order valence-corrected chi connectivity index (χ2v) is 3.10. The molecule has 2 aromatic rings. The van der Waals surface area contributed by atoms with Crippen LogP contribution in [0.2, 0.25) is 0 Å². The molecule has 2 N–H and O–H groups in total. The Hall–Kier alpha value is -1.97. The predicted octanol–water partition coefficient (Wildman–Crippen LogP) is 2.61. The number of rotatable bonds is 1. The van der Waals surface area contributed by atoms with Crippen molar-refractivity contribution in [1.82, 2.24) is 4.98 Å². The molecule has 0 fully saturated rings. The van der Waals surface area contributed by atoms with Crippen LogP contribution in [0.1, 0.15) is 0 Å². The maximum atomic E-state index is 13.1. The molecule has 1 aromatic carbocycles. The van der Waals surface area contributed by atoms with E-state index in [4.69, 9.17) is 5.73 Å². The largest absolute Gasteiger partial charge is 0.394 e. The van der Waals surface area contributed by atoms with Crippen LogP contribution in [-0.4, -0.2) is 4.98 Å². The minimum Gasteiger partial charge on any atom is -0.394 e. The van der Waals surface area contributed by atoms with E-state index in [1.54, 1.807) is 18.3 Å². The molecule has 0 atom stereocenters. The van der Waals surface area contributed by atoms with Crippen LogP contribution >= 0.6 is 0 Å². The summed E-state index contributed by atoms with van der Waals surface area (Å²) < 4.78 is 26.3. The first-order chi connectivity index (χ1) is 7.18. The third-order valence-corrected chi connectivity index (χ3v) is 2.07. The van der Waals surface area contributed by atoms with Crippen LogP contribution in [0.4, 0.5) is 14.5 Å². The fourth-order valence-corrected chi connectivity index (χ4v) is 1.28. The molecule has 0 aliphatic rings. The number of aromatic nitrogens is 1. The molecular formula is C11H8F2N2. The highest BCUT2D eigenvalue weighted by Gasteiger charge is 2.08. The minimum absolute atomic E-state index is 0.423. The molecule has 0 spiro atoms. The van der Waals surface area contributed by atoms with Gasteiger partial charge in [0.05, 0.1) is 0 Å². The fourth-order valence-electron chi connectivity index (χ4n) is 1.28. The molecule has 0 aliphatic carbocycles. The summed E-state index contributed by atoms with van der Waals surface area (Å²) in [4.78, 5) is 3.87. The molecule has 2 rings (SSSR count). The Kier molecular flexibility index (Phi) is 2.33. The first-order valence-corrected chi connectivity index (χ1v) is 4.33. The van der Waals surface area contributed by atoms with Gasteiger partial charge in [-0.2, -0.15) is 0 Å². The van der Waals surface area contributed by atoms with E-state index in [1.165, 1.54) is 18.3 Å². The summed E-state index contributed by atoms with van der Waals surface area (Å²) in [5.74, 6) is -1.51. The summed E-state index contributed by atoms with van der Waals surface area (Å²) in [6, 6.07) is 5.80. The van der Waals surface area contributed by atoms with Crippen LogP contribution < -0.4 is 5.73 Å². The third kappa shape index (κ3) is 1.79. The number of benzene rings is 1. The van der Waals surface area contributed by atoms with Crippen molar-refractivity contribution in [2.24, 2.45) is 0 Å². The Labute approximate surface area is 85.4 Å². The number of nitrogens with zero attached hydrogens (tertiary/aromatic N) is 1. The number of halogens is 2. The van der Waals surface area contributed by atoms with E-state index >= 15 is 0 Å². The molecule has 0 aliphatic heterocycles. The Morgan fingerprint density at radius 1 is 1.07 bits per heavy atom. The summed E-state index contributed by atoms with van der Waals surface area (Å²) in [6.45, 7) is 0. The summed E-state index contributed by atoms with van der Waals surface area (Å²) in [7, 11) is 0. The molecule has 15 heavy (non-hydrogen) atoms. The molecule has 1 aromatic heterocycles. The molecule has 0 unspecified atom stereocenters. The lowest BCUT2D eigenvalue weighted by Crippen LogP contribution is -1.96. The second kappa shape index (κ2) is 3.65. The highest BCUT2D eigenvalue weighted by Crippen LogP contribution is 2.24. The second-order valence-electron chi connectivity index (χ2n) is 3.10. The van der Waals surface area contributed by atoms with Gasteiger partial charge in [0.2, 0.25) is 0 Å². The quantitative estimate of drug-likeness (QED) is 0.728. The lowest BCUT2D eigenvalue weighted by atomic mass is 10.1. The summed E-state index contributed by atoms with van der Waals surface area (Å²) in [5, 5.41) is 0. The van der Waals surface area contributed by atoms with Gasteiger partial charge < -0.3 is 5.73 Å². The molecule has 76 valence electrons. The third-order valence-electron chi connectivity index (χ3n) is 2.07. The summed E-state index contributed by atoms with van der Waals surface area (Å²) in [5.41, 5.74) is 5.78. The van der Waals surface area contributed by atoms with E-state index < -0.39 is 17.3 Å². The van der Waals surface area contributed by atoms with Crippen LogP contribution in [0.15, 0.2) is 36.7 Å². The predicted molar refractivity (Wildman–Crippen MR) is 54.0 cm³/mol. The standard InChI is InChI=1S/C11H8F2N2/c12-9-4-8(5-10(13)11(9)14)7-2-1-3-15-6-7/h1-6H,14H2. The SMILES string of the molecule is Nc1c(F)cc(-c2cccnc2)cc1F. The van der Waals surface area contributed by atoms with Gasteiger partial charge in [-0.15, -0.1) is 0 Å². The zero-order chi connectivity index (χ0) is 10.8. The molecule has 2 nitrogen and oxygen atoms in total. The number of nitrogen functional groups attached to an aromatic ring is 1. The Morgan fingerprint density at radius 2 is 1.73 bits per heavy atom. The Balaban J connectivity index is 2.56. The van der Waals surface area contributed by atoms with Crippen LogP contribution in [0.3, 0.4) is 0 Å². The summed E-state index contributed by atoms with van der Waals surface area (Å²) in [6.07, 6.45) is 3.12. The minimum atomic E-state index is -0.756. The fraction of sp³-hybridized carbons (Fsp3) is 0. The van der Waals surface area contributed by atoms with Crippen LogP contribution in [0, 0.1) is 11.6 Å². The highest BCUT2D eigenvalue weighted by molar-refractivity contribution is 5.65. The van der Waals surface area contributed by atoms with Crippen LogP contribution in [0.25, 0.3) is 11.1 Å². The van der Waals surface area contributed by atoms with Gasteiger partial charge in [-0.25, -0.2) is 8.78 Å². The first-order valence-electron chi connectivity index (χ1n) is 4.33. The molecule has 0 amide bonds. The lowest BCUT2D eigenvalue weighted by Gasteiger charge is -2.04. The maximum absolute atomic E-state index is 13.1. The molecule has 0 saturated heterocycles. The zero-order valence-corrected chi connectivity index (χ0v) is 7.74. The summed E-state index contributed by atoms with van der Waals surface area (Å²) >= 11 is 0. The van der Waals surface area contributed by atoms with E-state index in [-0.39, 0.29) is 0 Å². The molecule has 0 bridgehead atoms. The number of hydrogen-bond acceptors (Lipinski definition) is 2. The number of anilines is 1. The van der Waals surface area contributed by atoms with Crippen LogP contribution in [0.5, 0.6) is 0 Å². The first kappa shape index (κ1) is 9.58. The Bertz CT molecular complexity index is 460. The van der Waals surface area contributed by atoms with Crippen molar-refractivity contribution >= 4 is 5.69 Å². The van der Waals surface area contributed by atoms with Crippen molar-refractivity contribution in [2.75, 3.05) is 5.73 Å². The number of nitrogens with two attached hydrogens (primary N) is 1. The number of pyridine rings is 1.